The summed E-state index contributed by atoms with van der Waals surface area (Å²) in [4.78, 5) is 2.47. The van der Waals surface area contributed by atoms with Gasteiger partial charge in [-0.1, -0.05) is 13.8 Å². The Hall–Kier alpha value is -0.160. The molecule has 0 aromatic rings. The van der Waals surface area contributed by atoms with Crippen molar-refractivity contribution in [3.8, 4) is 0 Å². The largest absolute Gasteiger partial charge is 0.382 e. The van der Waals surface area contributed by atoms with Crippen molar-refractivity contribution in [2.45, 2.75) is 26.0 Å². The number of hydrogen-bond acceptors (Lipinski definition) is 4. The number of methoxy groups -OCH3 is 2. The Labute approximate surface area is 99.3 Å². The van der Waals surface area contributed by atoms with Crippen molar-refractivity contribution in [2.75, 3.05) is 47.0 Å². The lowest BCUT2D eigenvalue weighted by atomic mass is 10.0. The zero-order valence-electron chi connectivity index (χ0n) is 11.0. The summed E-state index contributed by atoms with van der Waals surface area (Å²) in [6, 6.07) is 0.605. The van der Waals surface area contributed by atoms with Crippen molar-refractivity contribution < 1.29 is 9.47 Å². The maximum atomic E-state index is 5.40. The standard InChI is InChI=1S/C12H26N2O2/c1-10(2)12-8-14(6-5-13-12)7-11(16-4)9-15-3/h10-13H,5-9H2,1-4H3. The van der Waals surface area contributed by atoms with Crippen LogP contribution in [0, 0.1) is 5.92 Å². The highest BCUT2D eigenvalue weighted by Crippen LogP contribution is 2.09. The van der Waals surface area contributed by atoms with E-state index in [1.165, 1.54) is 0 Å². The van der Waals surface area contributed by atoms with Crippen LogP contribution >= 0.6 is 0 Å². The van der Waals surface area contributed by atoms with Crippen molar-refractivity contribution in [3.63, 3.8) is 0 Å². The zero-order valence-corrected chi connectivity index (χ0v) is 11.0. The van der Waals surface area contributed by atoms with Gasteiger partial charge in [0.15, 0.2) is 0 Å². The fourth-order valence-electron chi connectivity index (χ4n) is 2.12. The maximum absolute atomic E-state index is 5.40. The van der Waals surface area contributed by atoms with E-state index in [4.69, 9.17) is 9.47 Å². The summed E-state index contributed by atoms with van der Waals surface area (Å²) < 4.78 is 10.5. The van der Waals surface area contributed by atoms with Gasteiger partial charge in [0.1, 0.15) is 0 Å². The van der Waals surface area contributed by atoms with E-state index in [-0.39, 0.29) is 6.10 Å². The molecule has 4 heteroatoms. The molecule has 1 aliphatic heterocycles. The molecule has 2 unspecified atom stereocenters. The van der Waals surface area contributed by atoms with E-state index >= 15 is 0 Å². The van der Waals surface area contributed by atoms with E-state index in [9.17, 15) is 0 Å². The molecule has 0 aliphatic carbocycles. The van der Waals surface area contributed by atoms with E-state index in [0.717, 1.165) is 26.2 Å². The van der Waals surface area contributed by atoms with Crippen LogP contribution in [0.1, 0.15) is 13.8 Å². The third kappa shape index (κ3) is 4.37. The van der Waals surface area contributed by atoms with E-state index in [0.29, 0.717) is 18.6 Å². The summed E-state index contributed by atoms with van der Waals surface area (Å²) >= 11 is 0. The molecule has 16 heavy (non-hydrogen) atoms. The fourth-order valence-corrected chi connectivity index (χ4v) is 2.12. The predicted molar refractivity (Wildman–Crippen MR) is 65.7 cm³/mol. The Kier molecular flexibility index (Phi) is 6.28. The van der Waals surface area contributed by atoms with Gasteiger partial charge in [-0.25, -0.2) is 0 Å². The van der Waals surface area contributed by atoms with Crippen LogP contribution in [0.25, 0.3) is 0 Å². The van der Waals surface area contributed by atoms with Crippen molar-refractivity contribution in [1.29, 1.82) is 0 Å². The summed E-state index contributed by atoms with van der Waals surface area (Å²) in [6.45, 7) is 9.47. The summed E-state index contributed by atoms with van der Waals surface area (Å²) in [7, 11) is 3.48. The van der Waals surface area contributed by atoms with Crippen molar-refractivity contribution in [3.05, 3.63) is 0 Å². The summed E-state index contributed by atoms with van der Waals surface area (Å²) in [5.41, 5.74) is 0. The Balaban J connectivity index is 2.35. The Morgan fingerprint density at radius 2 is 2.12 bits per heavy atom. The van der Waals surface area contributed by atoms with E-state index in [1.54, 1.807) is 14.2 Å². The van der Waals surface area contributed by atoms with E-state index < -0.39 is 0 Å². The molecule has 0 spiro atoms. The van der Waals surface area contributed by atoms with Gasteiger partial charge in [0.05, 0.1) is 12.7 Å². The molecule has 0 saturated carbocycles. The van der Waals surface area contributed by atoms with Crippen molar-refractivity contribution >= 4 is 0 Å². The quantitative estimate of drug-likeness (QED) is 0.723. The Bertz CT molecular complexity index is 188. The monoisotopic (exact) mass is 230 g/mol. The molecule has 1 rings (SSSR count). The van der Waals surface area contributed by atoms with Gasteiger partial charge in [-0.3, -0.25) is 4.90 Å². The minimum absolute atomic E-state index is 0.191. The lowest BCUT2D eigenvalue weighted by Crippen LogP contribution is -2.54. The average Bonchev–Trinajstić information content (AvgIpc) is 2.29. The van der Waals surface area contributed by atoms with Gasteiger partial charge in [-0.2, -0.15) is 0 Å². The Morgan fingerprint density at radius 1 is 1.38 bits per heavy atom. The highest BCUT2D eigenvalue weighted by molar-refractivity contribution is 4.82. The van der Waals surface area contributed by atoms with E-state index in [2.05, 4.69) is 24.1 Å². The molecular weight excluding hydrogens is 204 g/mol. The minimum atomic E-state index is 0.191. The zero-order chi connectivity index (χ0) is 12.0. The van der Waals surface area contributed by atoms with Gasteiger partial charge in [0, 0.05) is 46.4 Å². The van der Waals surface area contributed by atoms with Gasteiger partial charge in [-0.05, 0) is 5.92 Å². The molecule has 2 atom stereocenters. The highest BCUT2D eigenvalue weighted by Gasteiger charge is 2.23. The van der Waals surface area contributed by atoms with Crippen LogP contribution < -0.4 is 5.32 Å². The third-order valence-corrected chi connectivity index (χ3v) is 3.24. The number of rotatable bonds is 6. The van der Waals surface area contributed by atoms with Gasteiger partial charge in [0.25, 0.3) is 0 Å². The van der Waals surface area contributed by atoms with Crippen molar-refractivity contribution in [1.82, 2.24) is 10.2 Å². The van der Waals surface area contributed by atoms with Crippen LogP contribution in [-0.4, -0.2) is 64.1 Å². The SMILES string of the molecule is COCC(CN1CCNC(C(C)C)C1)OC. The van der Waals surface area contributed by atoms with Crippen LogP contribution in [0.2, 0.25) is 0 Å². The molecule has 4 nitrogen and oxygen atoms in total. The Morgan fingerprint density at radius 3 is 2.69 bits per heavy atom. The van der Waals surface area contributed by atoms with Gasteiger partial charge >= 0.3 is 0 Å². The molecule has 1 saturated heterocycles. The van der Waals surface area contributed by atoms with Crippen LogP contribution in [0.15, 0.2) is 0 Å². The fraction of sp³-hybridized carbons (Fsp3) is 1.00. The lowest BCUT2D eigenvalue weighted by Gasteiger charge is -2.37. The maximum Gasteiger partial charge on any atom is 0.0931 e. The first-order chi connectivity index (χ1) is 7.67. The molecule has 96 valence electrons. The molecule has 1 heterocycles. The van der Waals surface area contributed by atoms with Crippen LogP contribution in [-0.2, 0) is 9.47 Å². The number of nitrogens with one attached hydrogen (secondary N) is 1. The summed E-state index contributed by atoms with van der Waals surface area (Å²) in [5.74, 6) is 0.686. The number of piperazine rings is 1. The predicted octanol–water partition coefficient (Wildman–Crippen LogP) is 0.578. The number of hydrogen-bond donors (Lipinski definition) is 1. The third-order valence-electron chi connectivity index (χ3n) is 3.24. The molecule has 0 radical (unpaired) electrons. The van der Waals surface area contributed by atoms with Gasteiger partial charge in [-0.15, -0.1) is 0 Å². The first kappa shape index (κ1) is 13.9. The molecule has 1 N–H and O–H groups in total. The molecule has 0 bridgehead atoms. The molecule has 1 aliphatic rings. The van der Waals surface area contributed by atoms with Gasteiger partial charge < -0.3 is 14.8 Å². The topological polar surface area (TPSA) is 33.7 Å². The summed E-state index contributed by atoms with van der Waals surface area (Å²) in [6.07, 6.45) is 0.191. The van der Waals surface area contributed by atoms with Crippen LogP contribution in [0.3, 0.4) is 0 Å². The van der Waals surface area contributed by atoms with Gasteiger partial charge in [0.2, 0.25) is 0 Å². The molecule has 0 aromatic carbocycles. The normalized spacial score (nSPS) is 24.9. The average molecular weight is 230 g/mol. The lowest BCUT2D eigenvalue weighted by molar-refractivity contribution is -0.000336. The molecule has 0 amide bonds. The second-order valence-corrected chi connectivity index (χ2v) is 4.88. The second kappa shape index (κ2) is 7.22. The van der Waals surface area contributed by atoms with E-state index in [1.807, 2.05) is 0 Å². The van der Waals surface area contributed by atoms with Crippen LogP contribution in [0.5, 0.6) is 0 Å². The summed E-state index contributed by atoms with van der Waals surface area (Å²) in [5, 5.41) is 3.56. The molecular formula is C12H26N2O2. The molecule has 0 aromatic heterocycles. The molecule has 1 fully saturated rings. The number of nitrogens with zero attached hydrogens (tertiary/aromatic N) is 1. The first-order valence-electron chi connectivity index (χ1n) is 6.14. The van der Waals surface area contributed by atoms with Crippen LogP contribution in [0.4, 0.5) is 0 Å². The first-order valence-corrected chi connectivity index (χ1v) is 6.14. The van der Waals surface area contributed by atoms with Crippen molar-refractivity contribution in [2.24, 2.45) is 5.92 Å². The number of ether oxygens (including phenoxy) is 2. The smallest absolute Gasteiger partial charge is 0.0931 e. The second-order valence-electron chi connectivity index (χ2n) is 4.88. The highest BCUT2D eigenvalue weighted by atomic mass is 16.5. The minimum Gasteiger partial charge on any atom is -0.382 e.